The van der Waals surface area contributed by atoms with Gasteiger partial charge in [-0.1, -0.05) is 12.1 Å². The molecule has 0 spiro atoms. The Morgan fingerprint density at radius 1 is 1.22 bits per heavy atom. The van der Waals surface area contributed by atoms with E-state index in [1.54, 1.807) is 18.2 Å². The van der Waals surface area contributed by atoms with Crippen molar-refractivity contribution < 1.29 is 13.6 Å². The third kappa shape index (κ3) is 6.44. The molecule has 0 saturated carbocycles. The van der Waals surface area contributed by atoms with Crippen LogP contribution in [-0.4, -0.2) is 43.4 Å². The highest BCUT2D eigenvalue weighted by molar-refractivity contribution is 5.92. The minimum Gasteiger partial charge on any atom is -0.459 e. The summed E-state index contributed by atoms with van der Waals surface area (Å²) in [7, 11) is 1.94. The van der Waals surface area contributed by atoms with Crippen LogP contribution >= 0.6 is 0 Å². The molecule has 1 amide bonds. The second kappa shape index (κ2) is 10.4. The van der Waals surface area contributed by atoms with Crippen molar-refractivity contribution in [1.82, 2.24) is 15.5 Å². The first-order valence-electron chi connectivity index (χ1n) is 9.07. The smallest absolute Gasteiger partial charge is 0.287 e. The zero-order valence-corrected chi connectivity index (χ0v) is 16.1. The zero-order chi connectivity index (χ0) is 19.6. The second-order valence-electron chi connectivity index (χ2n) is 6.26. The molecule has 0 radical (unpaired) electrons. The molecule has 2 N–H and O–H groups in total. The number of nitrogens with zero attached hydrogens (tertiary/aromatic N) is 2. The van der Waals surface area contributed by atoms with Crippen molar-refractivity contribution in [3.05, 3.63) is 59.3 Å². The summed E-state index contributed by atoms with van der Waals surface area (Å²) in [5.74, 6) is 0.677. The molecular weight excluding hydrogens is 347 g/mol. The zero-order valence-electron chi connectivity index (χ0n) is 16.1. The highest BCUT2D eigenvalue weighted by Gasteiger charge is 2.11. The van der Waals surface area contributed by atoms with Gasteiger partial charge in [-0.15, -0.1) is 0 Å². The molecule has 0 unspecified atom stereocenters. The molecular formula is C20H27FN4O2. The van der Waals surface area contributed by atoms with E-state index < -0.39 is 0 Å². The molecule has 0 aliphatic heterocycles. The molecule has 146 valence electrons. The standard InChI is InChI=1S/C20H27FN4O2/c1-4-22-20(25(3)14-16-6-8-17(21)9-7-16)24-12-5-11-23-19(26)18-15(2)10-13-27-18/h6-10,13H,4-5,11-12,14H2,1-3H3,(H,22,24)(H,23,26). The van der Waals surface area contributed by atoms with Crippen molar-refractivity contribution in [1.29, 1.82) is 0 Å². The van der Waals surface area contributed by atoms with Crippen molar-refractivity contribution >= 4 is 11.9 Å². The topological polar surface area (TPSA) is 69.9 Å². The third-order valence-electron chi connectivity index (χ3n) is 3.98. The number of aryl methyl sites for hydroxylation is 1. The van der Waals surface area contributed by atoms with Crippen molar-refractivity contribution in [3.8, 4) is 0 Å². The largest absolute Gasteiger partial charge is 0.459 e. The van der Waals surface area contributed by atoms with E-state index in [-0.39, 0.29) is 11.7 Å². The summed E-state index contributed by atoms with van der Waals surface area (Å²) in [4.78, 5) is 18.5. The van der Waals surface area contributed by atoms with Gasteiger partial charge in [-0.05, 0) is 44.0 Å². The Bertz CT molecular complexity index is 756. The van der Waals surface area contributed by atoms with Gasteiger partial charge in [-0.25, -0.2) is 4.39 Å². The van der Waals surface area contributed by atoms with Crippen LogP contribution in [0.1, 0.15) is 35.0 Å². The lowest BCUT2D eigenvalue weighted by Gasteiger charge is -2.22. The summed E-state index contributed by atoms with van der Waals surface area (Å²) in [5, 5.41) is 6.08. The number of rotatable bonds is 8. The maximum atomic E-state index is 13.0. The van der Waals surface area contributed by atoms with E-state index in [4.69, 9.17) is 4.42 Å². The highest BCUT2D eigenvalue weighted by Crippen LogP contribution is 2.08. The van der Waals surface area contributed by atoms with Crippen LogP contribution in [0.3, 0.4) is 0 Å². The van der Waals surface area contributed by atoms with Crippen LogP contribution in [0.4, 0.5) is 4.39 Å². The number of aliphatic imine (C=N–C) groups is 1. The summed E-state index contributed by atoms with van der Waals surface area (Å²) in [6, 6.07) is 8.20. The Morgan fingerprint density at radius 3 is 2.59 bits per heavy atom. The average Bonchev–Trinajstić information content (AvgIpc) is 3.08. The molecule has 1 heterocycles. The van der Waals surface area contributed by atoms with E-state index in [2.05, 4.69) is 15.6 Å². The fraction of sp³-hybridized carbons (Fsp3) is 0.400. The number of nitrogens with one attached hydrogen (secondary N) is 2. The Labute approximate surface area is 159 Å². The summed E-state index contributed by atoms with van der Waals surface area (Å²) >= 11 is 0. The quantitative estimate of drug-likeness (QED) is 0.423. The minimum atomic E-state index is -0.242. The number of benzene rings is 1. The molecule has 0 fully saturated rings. The third-order valence-corrected chi connectivity index (χ3v) is 3.98. The molecule has 2 rings (SSSR count). The maximum absolute atomic E-state index is 13.0. The van der Waals surface area contributed by atoms with Crippen LogP contribution in [0, 0.1) is 12.7 Å². The number of hydrogen-bond donors (Lipinski definition) is 2. The Kier molecular flexibility index (Phi) is 7.85. The van der Waals surface area contributed by atoms with E-state index in [9.17, 15) is 9.18 Å². The number of hydrogen-bond acceptors (Lipinski definition) is 3. The normalized spacial score (nSPS) is 11.3. The Hall–Kier alpha value is -2.83. The van der Waals surface area contributed by atoms with E-state index in [0.29, 0.717) is 31.8 Å². The van der Waals surface area contributed by atoms with Gasteiger partial charge in [0, 0.05) is 38.8 Å². The van der Waals surface area contributed by atoms with Gasteiger partial charge in [0.25, 0.3) is 5.91 Å². The first-order valence-corrected chi connectivity index (χ1v) is 9.07. The Balaban J connectivity index is 1.81. The molecule has 7 heteroatoms. The number of amides is 1. The lowest BCUT2D eigenvalue weighted by molar-refractivity contribution is 0.0925. The van der Waals surface area contributed by atoms with Gasteiger partial charge in [0.1, 0.15) is 5.82 Å². The Morgan fingerprint density at radius 2 is 1.96 bits per heavy atom. The monoisotopic (exact) mass is 374 g/mol. The molecule has 0 saturated heterocycles. The lowest BCUT2D eigenvalue weighted by Crippen LogP contribution is -2.38. The van der Waals surface area contributed by atoms with Crippen molar-refractivity contribution in [3.63, 3.8) is 0 Å². The summed E-state index contributed by atoms with van der Waals surface area (Å²) in [6.45, 7) is 6.31. The molecule has 0 aliphatic carbocycles. The van der Waals surface area contributed by atoms with Gasteiger partial charge >= 0.3 is 0 Å². The minimum absolute atomic E-state index is 0.207. The molecule has 1 aromatic heterocycles. The fourth-order valence-corrected chi connectivity index (χ4v) is 2.56. The lowest BCUT2D eigenvalue weighted by atomic mass is 10.2. The van der Waals surface area contributed by atoms with Crippen LogP contribution in [0.15, 0.2) is 46.0 Å². The summed E-state index contributed by atoms with van der Waals surface area (Å²) in [5.41, 5.74) is 1.83. The second-order valence-corrected chi connectivity index (χ2v) is 6.26. The van der Waals surface area contributed by atoms with E-state index in [1.807, 2.05) is 25.8 Å². The molecule has 0 bridgehead atoms. The number of halogens is 1. The number of carbonyl (C=O) groups is 1. The molecule has 0 aliphatic rings. The van der Waals surface area contributed by atoms with Gasteiger partial charge in [-0.3, -0.25) is 9.79 Å². The molecule has 27 heavy (non-hydrogen) atoms. The molecule has 6 nitrogen and oxygen atoms in total. The van der Waals surface area contributed by atoms with E-state index in [1.165, 1.54) is 18.4 Å². The van der Waals surface area contributed by atoms with E-state index in [0.717, 1.165) is 23.6 Å². The van der Waals surface area contributed by atoms with Crippen LogP contribution in [-0.2, 0) is 6.54 Å². The van der Waals surface area contributed by atoms with Gasteiger partial charge in [0.15, 0.2) is 11.7 Å². The fourth-order valence-electron chi connectivity index (χ4n) is 2.56. The average molecular weight is 374 g/mol. The molecule has 1 aromatic carbocycles. The van der Waals surface area contributed by atoms with Gasteiger partial charge in [0.2, 0.25) is 0 Å². The van der Waals surface area contributed by atoms with Crippen LogP contribution in [0.25, 0.3) is 0 Å². The summed E-state index contributed by atoms with van der Waals surface area (Å²) < 4.78 is 18.2. The van der Waals surface area contributed by atoms with Crippen LogP contribution in [0.2, 0.25) is 0 Å². The highest BCUT2D eigenvalue weighted by atomic mass is 19.1. The molecule has 2 aromatic rings. The first-order chi connectivity index (χ1) is 13.0. The van der Waals surface area contributed by atoms with E-state index >= 15 is 0 Å². The SMILES string of the molecule is CCNC(=NCCCNC(=O)c1occc1C)N(C)Cc1ccc(F)cc1. The van der Waals surface area contributed by atoms with Gasteiger partial charge in [0.05, 0.1) is 6.26 Å². The summed E-state index contributed by atoms with van der Waals surface area (Å²) in [6.07, 6.45) is 2.22. The van der Waals surface area contributed by atoms with Crippen molar-refractivity contribution in [2.75, 3.05) is 26.7 Å². The number of carbonyl (C=O) groups excluding carboxylic acids is 1. The van der Waals surface area contributed by atoms with Crippen molar-refractivity contribution in [2.24, 2.45) is 4.99 Å². The number of furan rings is 1. The predicted molar refractivity (Wildman–Crippen MR) is 104 cm³/mol. The number of guanidine groups is 1. The van der Waals surface area contributed by atoms with Gasteiger partial charge in [-0.2, -0.15) is 0 Å². The van der Waals surface area contributed by atoms with Crippen molar-refractivity contribution in [2.45, 2.75) is 26.8 Å². The predicted octanol–water partition coefficient (Wildman–Crippen LogP) is 2.94. The van der Waals surface area contributed by atoms with Crippen LogP contribution < -0.4 is 10.6 Å². The van der Waals surface area contributed by atoms with Crippen LogP contribution in [0.5, 0.6) is 0 Å². The maximum Gasteiger partial charge on any atom is 0.287 e. The first kappa shape index (κ1) is 20.5. The molecule has 0 atom stereocenters. The van der Waals surface area contributed by atoms with Gasteiger partial charge < -0.3 is 20.0 Å².